The van der Waals surface area contributed by atoms with Gasteiger partial charge in [0.1, 0.15) is 17.2 Å². The van der Waals surface area contributed by atoms with Crippen LogP contribution in [-0.2, 0) is 0 Å². The molecule has 0 spiro atoms. The molecule has 21 heavy (non-hydrogen) atoms. The number of furan rings is 1. The quantitative estimate of drug-likeness (QED) is 0.825. The molecule has 2 aromatic rings. The van der Waals surface area contributed by atoms with Gasteiger partial charge in [-0.1, -0.05) is 6.07 Å². The lowest BCUT2D eigenvalue weighted by Crippen LogP contribution is -2.35. The lowest BCUT2D eigenvalue weighted by molar-refractivity contribution is 0.0907. The molecule has 0 aliphatic rings. The van der Waals surface area contributed by atoms with Gasteiger partial charge in [-0.05, 0) is 24.3 Å². The Kier molecular flexibility index (Phi) is 4.65. The fraction of sp³-hybridized carbons (Fsp3) is 0.143. The molecule has 0 aliphatic heterocycles. The van der Waals surface area contributed by atoms with E-state index in [9.17, 15) is 18.4 Å². The van der Waals surface area contributed by atoms with Gasteiger partial charge in [0.15, 0.2) is 5.76 Å². The second-order valence-corrected chi connectivity index (χ2v) is 4.09. The molecule has 0 atom stereocenters. The zero-order valence-corrected chi connectivity index (χ0v) is 10.9. The largest absolute Gasteiger partial charge is 0.459 e. The van der Waals surface area contributed by atoms with Crippen molar-refractivity contribution in [3.8, 4) is 0 Å². The van der Waals surface area contributed by atoms with Crippen molar-refractivity contribution in [1.29, 1.82) is 0 Å². The lowest BCUT2D eigenvalue weighted by atomic mass is 10.2. The molecule has 0 aliphatic carbocycles. The molecule has 0 saturated carbocycles. The smallest absolute Gasteiger partial charge is 0.287 e. The fourth-order valence-corrected chi connectivity index (χ4v) is 1.65. The number of carbonyl (C=O) groups is 2. The van der Waals surface area contributed by atoms with Gasteiger partial charge < -0.3 is 15.1 Å². The summed E-state index contributed by atoms with van der Waals surface area (Å²) in [6.07, 6.45) is 1.36. The molecule has 7 heteroatoms. The van der Waals surface area contributed by atoms with Gasteiger partial charge in [0.25, 0.3) is 11.8 Å². The molecule has 0 saturated heterocycles. The zero-order valence-electron chi connectivity index (χ0n) is 10.9. The Balaban J connectivity index is 1.81. The van der Waals surface area contributed by atoms with E-state index in [2.05, 4.69) is 10.6 Å². The molecular formula is C14H12F2N2O3. The summed E-state index contributed by atoms with van der Waals surface area (Å²) < 4.78 is 31.6. The van der Waals surface area contributed by atoms with Crippen LogP contribution >= 0.6 is 0 Å². The summed E-state index contributed by atoms with van der Waals surface area (Å²) in [6, 6.07) is 6.22. The minimum atomic E-state index is -0.938. The lowest BCUT2D eigenvalue weighted by Gasteiger charge is -2.07. The molecule has 0 radical (unpaired) electrons. The molecule has 2 rings (SSSR count). The van der Waals surface area contributed by atoms with Crippen LogP contribution in [0.1, 0.15) is 20.9 Å². The first-order chi connectivity index (χ1) is 10.1. The van der Waals surface area contributed by atoms with Crippen LogP contribution in [0.3, 0.4) is 0 Å². The summed E-state index contributed by atoms with van der Waals surface area (Å²) in [7, 11) is 0. The number of hydrogen-bond donors (Lipinski definition) is 2. The van der Waals surface area contributed by atoms with Crippen LogP contribution in [-0.4, -0.2) is 24.9 Å². The highest BCUT2D eigenvalue weighted by Crippen LogP contribution is 2.11. The van der Waals surface area contributed by atoms with Gasteiger partial charge in [-0.15, -0.1) is 0 Å². The zero-order chi connectivity index (χ0) is 15.2. The minimum Gasteiger partial charge on any atom is -0.459 e. The third kappa shape index (κ3) is 3.65. The summed E-state index contributed by atoms with van der Waals surface area (Å²) in [6.45, 7) is 0.125. The summed E-state index contributed by atoms with van der Waals surface area (Å²) in [4.78, 5) is 23.1. The van der Waals surface area contributed by atoms with Gasteiger partial charge in [0.05, 0.1) is 6.26 Å². The average molecular weight is 294 g/mol. The van der Waals surface area contributed by atoms with Crippen LogP contribution in [0, 0.1) is 11.6 Å². The van der Waals surface area contributed by atoms with E-state index in [0.29, 0.717) is 0 Å². The number of carbonyl (C=O) groups excluding carboxylic acids is 2. The van der Waals surface area contributed by atoms with Gasteiger partial charge >= 0.3 is 0 Å². The second kappa shape index (κ2) is 6.65. The van der Waals surface area contributed by atoms with Crippen molar-refractivity contribution in [2.75, 3.05) is 13.1 Å². The van der Waals surface area contributed by atoms with E-state index >= 15 is 0 Å². The number of halogens is 2. The normalized spacial score (nSPS) is 10.2. The maximum absolute atomic E-state index is 13.3. The predicted molar refractivity (Wildman–Crippen MR) is 69.7 cm³/mol. The molecule has 1 aromatic carbocycles. The maximum atomic E-state index is 13.3. The fourth-order valence-electron chi connectivity index (χ4n) is 1.65. The van der Waals surface area contributed by atoms with E-state index in [1.54, 1.807) is 6.07 Å². The molecule has 5 nitrogen and oxygen atoms in total. The Hall–Kier alpha value is -2.70. The molecule has 0 bridgehead atoms. The molecule has 2 amide bonds. The molecule has 0 fully saturated rings. The third-order valence-corrected chi connectivity index (χ3v) is 2.63. The van der Waals surface area contributed by atoms with Crippen molar-refractivity contribution in [2.45, 2.75) is 0 Å². The highest BCUT2D eigenvalue weighted by molar-refractivity contribution is 5.95. The molecular weight excluding hydrogens is 282 g/mol. The van der Waals surface area contributed by atoms with E-state index in [4.69, 9.17) is 4.42 Å². The summed E-state index contributed by atoms with van der Waals surface area (Å²) >= 11 is 0. The Labute approximate surface area is 118 Å². The third-order valence-electron chi connectivity index (χ3n) is 2.63. The van der Waals surface area contributed by atoms with Gasteiger partial charge in [-0.2, -0.15) is 0 Å². The monoisotopic (exact) mass is 294 g/mol. The van der Waals surface area contributed by atoms with Crippen LogP contribution in [0.2, 0.25) is 0 Å². The number of nitrogens with one attached hydrogen (secondary N) is 2. The number of hydrogen-bond acceptors (Lipinski definition) is 3. The summed E-state index contributed by atoms with van der Waals surface area (Å²) in [5.74, 6) is -3.05. The minimum absolute atomic E-state index is 0.0268. The summed E-state index contributed by atoms with van der Waals surface area (Å²) in [5.41, 5.74) is -0.644. The Morgan fingerprint density at radius 1 is 0.952 bits per heavy atom. The van der Waals surface area contributed by atoms with E-state index < -0.39 is 29.0 Å². The van der Waals surface area contributed by atoms with Crippen LogP contribution < -0.4 is 10.6 Å². The van der Waals surface area contributed by atoms with Crippen LogP contribution in [0.5, 0.6) is 0 Å². The van der Waals surface area contributed by atoms with Gasteiger partial charge in [0, 0.05) is 13.1 Å². The first kappa shape index (κ1) is 14.7. The molecule has 1 heterocycles. The first-order valence-corrected chi connectivity index (χ1v) is 6.13. The number of amides is 2. The van der Waals surface area contributed by atoms with Crippen LogP contribution in [0.4, 0.5) is 8.78 Å². The second-order valence-electron chi connectivity index (χ2n) is 4.09. The van der Waals surface area contributed by atoms with Crippen molar-refractivity contribution in [3.05, 3.63) is 59.6 Å². The topological polar surface area (TPSA) is 71.3 Å². The predicted octanol–water partition coefficient (Wildman–Crippen LogP) is 1.72. The van der Waals surface area contributed by atoms with E-state index in [1.807, 2.05) is 0 Å². The summed E-state index contributed by atoms with van der Waals surface area (Å²) in [5, 5.41) is 4.80. The maximum Gasteiger partial charge on any atom is 0.287 e. The SMILES string of the molecule is O=C(NCCNC(=O)c1c(F)cccc1F)c1ccco1. The molecule has 1 aromatic heterocycles. The van der Waals surface area contributed by atoms with Crippen molar-refractivity contribution < 1.29 is 22.8 Å². The van der Waals surface area contributed by atoms with E-state index in [1.165, 1.54) is 18.4 Å². The molecule has 0 unspecified atom stereocenters. The van der Waals surface area contributed by atoms with Gasteiger partial charge in [0.2, 0.25) is 0 Å². The van der Waals surface area contributed by atoms with Gasteiger partial charge in [-0.3, -0.25) is 9.59 Å². The van der Waals surface area contributed by atoms with Crippen LogP contribution in [0.25, 0.3) is 0 Å². The van der Waals surface area contributed by atoms with Crippen LogP contribution in [0.15, 0.2) is 41.0 Å². The standard InChI is InChI=1S/C14H12F2N2O3/c15-9-3-1-4-10(16)12(9)14(20)18-7-6-17-13(19)11-5-2-8-21-11/h1-5,8H,6-7H2,(H,17,19)(H,18,20). The highest BCUT2D eigenvalue weighted by atomic mass is 19.1. The van der Waals surface area contributed by atoms with E-state index in [0.717, 1.165) is 12.1 Å². The first-order valence-electron chi connectivity index (χ1n) is 6.13. The van der Waals surface area contributed by atoms with Crippen molar-refractivity contribution in [2.24, 2.45) is 0 Å². The Morgan fingerprint density at radius 2 is 1.57 bits per heavy atom. The van der Waals surface area contributed by atoms with Gasteiger partial charge in [-0.25, -0.2) is 8.78 Å². The molecule has 2 N–H and O–H groups in total. The number of benzene rings is 1. The van der Waals surface area contributed by atoms with Crippen molar-refractivity contribution in [1.82, 2.24) is 10.6 Å². The van der Waals surface area contributed by atoms with E-state index in [-0.39, 0.29) is 18.8 Å². The Bertz CT molecular complexity index is 621. The average Bonchev–Trinajstić information content (AvgIpc) is 2.97. The van der Waals surface area contributed by atoms with Crippen molar-refractivity contribution >= 4 is 11.8 Å². The highest BCUT2D eigenvalue weighted by Gasteiger charge is 2.16. The van der Waals surface area contributed by atoms with Crippen molar-refractivity contribution in [3.63, 3.8) is 0 Å². The number of rotatable bonds is 5. The Morgan fingerprint density at radius 3 is 2.14 bits per heavy atom. The molecule has 110 valence electrons.